The van der Waals surface area contributed by atoms with E-state index >= 15 is 0 Å². The highest BCUT2D eigenvalue weighted by Crippen LogP contribution is 2.32. The van der Waals surface area contributed by atoms with Crippen LogP contribution in [0, 0.1) is 13.8 Å². The number of ether oxygens (including phenoxy) is 1. The first kappa shape index (κ1) is 24.0. The van der Waals surface area contributed by atoms with Crippen molar-refractivity contribution >= 4 is 73.8 Å². The van der Waals surface area contributed by atoms with Gasteiger partial charge in [-0.05, 0) is 76.8 Å². The zero-order chi connectivity index (χ0) is 23.4. The summed E-state index contributed by atoms with van der Waals surface area (Å²) in [5.41, 5.74) is 3.59. The van der Waals surface area contributed by atoms with Gasteiger partial charge in [0.2, 0.25) is 0 Å². The molecular formula is C22H19BrN2O5S2. The van der Waals surface area contributed by atoms with Gasteiger partial charge in [-0.15, -0.1) is 0 Å². The van der Waals surface area contributed by atoms with Gasteiger partial charge in [0.25, 0.3) is 11.8 Å². The minimum atomic E-state index is -1.13. The molecule has 3 rings (SSSR count). The van der Waals surface area contributed by atoms with Crippen LogP contribution >= 0.6 is 39.9 Å². The number of thioether (sulfide) groups is 1. The molecule has 0 saturated carbocycles. The Morgan fingerprint density at radius 2 is 1.88 bits per heavy atom. The second-order valence-electron chi connectivity index (χ2n) is 6.98. The molecular weight excluding hydrogens is 516 g/mol. The summed E-state index contributed by atoms with van der Waals surface area (Å²) in [4.78, 5) is 36.8. The average molecular weight is 535 g/mol. The molecule has 7 nitrogen and oxygen atoms in total. The molecule has 0 bridgehead atoms. The van der Waals surface area contributed by atoms with Gasteiger partial charge in [-0.3, -0.25) is 19.3 Å². The third-order valence-electron chi connectivity index (χ3n) is 4.57. The molecule has 0 atom stereocenters. The SMILES string of the molecule is Cc1cc(Br)c(NC(=O)COc2ccc(/C=C3/SC(=S)N(CC(=O)O)C3=O)cc2)cc1C. The fourth-order valence-electron chi connectivity index (χ4n) is 2.80. The van der Waals surface area contributed by atoms with Crippen LogP contribution in [0.5, 0.6) is 5.75 Å². The molecule has 166 valence electrons. The van der Waals surface area contributed by atoms with Crippen molar-refractivity contribution < 1.29 is 24.2 Å². The van der Waals surface area contributed by atoms with E-state index in [1.54, 1.807) is 30.3 Å². The topological polar surface area (TPSA) is 95.9 Å². The number of rotatable bonds is 7. The number of carboxylic acid groups (broad SMARTS) is 1. The van der Waals surface area contributed by atoms with E-state index in [1.807, 2.05) is 26.0 Å². The smallest absolute Gasteiger partial charge is 0.323 e. The Labute approximate surface area is 202 Å². The number of amides is 2. The van der Waals surface area contributed by atoms with Crippen LogP contribution < -0.4 is 10.1 Å². The van der Waals surface area contributed by atoms with E-state index in [0.29, 0.717) is 16.3 Å². The molecule has 1 saturated heterocycles. The van der Waals surface area contributed by atoms with Gasteiger partial charge in [-0.1, -0.05) is 36.1 Å². The molecule has 2 aromatic carbocycles. The van der Waals surface area contributed by atoms with Crippen LogP contribution in [-0.2, 0) is 14.4 Å². The van der Waals surface area contributed by atoms with Crippen LogP contribution in [0.25, 0.3) is 6.08 Å². The predicted octanol–water partition coefficient (Wildman–Crippen LogP) is 4.37. The molecule has 2 aromatic rings. The van der Waals surface area contributed by atoms with Crippen molar-refractivity contribution in [1.82, 2.24) is 4.90 Å². The van der Waals surface area contributed by atoms with E-state index in [4.69, 9.17) is 22.1 Å². The normalized spacial score (nSPS) is 14.7. The number of hydrogen-bond donors (Lipinski definition) is 2. The van der Waals surface area contributed by atoms with Crippen molar-refractivity contribution in [3.8, 4) is 5.75 Å². The lowest BCUT2D eigenvalue weighted by molar-refractivity contribution is -0.140. The van der Waals surface area contributed by atoms with Gasteiger partial charge >= 0.3 is 5.97 Å². The largest absolute Gasteiger partial charge is 0.484 e. The van der Waals surface area contributed by atoms with Gasteiger partial charge in [-0.2, -0.15) is 0 Å². The Balaban J connectivity index is 1.58. The molecule has 0 aromatic heterocycles. The molecule has 2 amide bonds. The molecule has 0 aliphatic carbocycles. The number of aryl methyl sites for hydroxylation is 2. The van der Waals surface area contributed by atoms with Crippen LogP contribution in [0.2, 0.25) is 0 Å². The van der Waals surface area contributed by atoms with Crippen molar-refractivity contribution in [2.45, 2.75) is 13.8 Å². The second-order valence-corrected chi connectivity index (χ2v) is 9.51. The molecule has 1 aliphatic rings. The van der Waals surface area contributed by atoms with Crippen molar-refractivity contribution in [2.75, 3.05) is 18.5 Å². The van der Waals surface area contributed by atoms with E-state index in [2.05, 4.69) is 21.2 Å². The molecule has 10 heteroatoms. The number of thiocarbonyl (C=S) groups is 1. The number of anilines is 1. The zero-order valence-corrected chi connectivity index (χ0v) is 20.4. The first-order valence-corrected chi connectivity index (χ1v) is 11.4. The summed E-state index contributed by atoms with van der Waals surface area (Å²) in [6.07, 6.45) is 1.63. The summed E-state index contributed by atoms with van der Waals surface area (Å²) < 4.78 is 6.55. The van der Waals surface area contributed by atoms with E-state index in [-0.39, 0.29) is 16.8 Å². The first-order valence-electron chi connectivity index (χ1n) is 9.40. The van der Waals surface area contributed by atoms with E-state index in [0.717, 1.165) is 37.8 Å². The van der Waals surface area contributed by atoms with Crippen molar-refractivity contribution in [3.05, 3.63) is 62.5 Å². The van der Waals surface area contributed by atoms with Gasteiger partial charge in [0.1, 0.15) is 16.6 Å². The number of carbonyl (C=O) groups excluding carboxylic acids is 2. The number of benzene rings is 2. The number of aliphatic carboxylic acids is 1. The quantitative estimate of drug-likeness (QED) is 0.402. The lowest BCUT2D eigenvalue weighted by atomic mass is 10.1. The summed E-state index contributed by atoms with van der Waals surface area (Å²) in [6.45, 7) is 3.35. The lowest BCUT2D eigenvalue weighted by Crippen LogP contribution is -2.33. The maximum absolute atomic E-state index is 12.3. The summed E-state index contributed by atoms with van der Waals surface area (Å²) >= 11 is 9.58. The molecule has 32 heavy (non-hydrogen) atoms. The molecule has 1 fully saturated rings. The molecule has 2 N–H and O–H groups in total. The predicted molar refractivity (Wildman–Crippen MR) is 132 cm³/mol. The molecule has 0 radical (unpaired) electrons. The van der Waals surface area contributed by atoms with Crippen LogP contribution in [-0.4, -0.2) is 45.3 Å². The lowest BCUT2D eigenvalue weighted by Gasteiger charge is -2.11. The Morgan fingerprint density at radius 1 is 1.22 bits per heavy atom. The van der Waals surface area contributed by atoms with Gasteiger partial charge in [0, 0.05) is 4.47 Å². The Hall–Kier alpha value is -2.69. The van der Waals surface area contributed by atoms with Crippen LogP contribution in [0.1, 0.15) is 16.7 Å². The van der Waals surface area contributed by atoms with Crippen molar-refractivity contribution in [1.29, 1.82) is 0 Å². The molecule has 1 aliphatic heterocycles. The van der Waals surface area contributed by atoms with E-state index in [9.17, 15) is 14.4 Å². The third kappa shape index (κ3) is 5.96. The number of halogens is 1. The number of carbonyl (C=O) groups is 3. The summed E-state index contributed by atoms with van der Waals surface area (Å²) in [5.74, 6) is -1.36. The standard InChI is InChI=1S/C22H19BrN2O5S2/c1-12-7-16(23)17(8-13(12)2)24-19(26)11-30-15-5-3-14(4-6-15)9-18-21(29)25(10-20(27)28)22(31)32-18/h3-9H,10-11H2,1-2H3,(H,24,26)(H,27,28)/b18-9+. The van der Waals surface area contributed by atoms with Gasteiger partial charge in [0.15, 0.2) is 6.61 Å². The van der Waals surface area contributed by atoms with Gasteiger partial charge in [0.05, 0.1) is 10.6 Å². The molecule has 0 unspecified atom stereocenters. The van der Waals surface area contributed by atoms with Crippen LogP contribution in [0.15, 0.2) is 45.8 Å². The zero-order valence-electron chi connectivity index (χ0n) is 17.2. The summed E-state index contributed by atoms with van der Waals surface area (Å²) in [6, 6.07) is 10.7. The van der Waals surface area contributed by atoms with Gasteiger partial charge in [-0.25, -0.2) is 0 Å². The van der Waals surface area contributed by atoms with Crippen LogP contribution in [0.4, 0.5) is 5.69 Å². The highest BCUT2D eigenvalue weighted by molar-refractivity contribution is 9.10. The van der Waals surface area contributed by atoms with Crippen molar-refractivity contribution in [2.24, 2.45) is 0 Å². The minimum Gasteiger partial charge on any atom is -0.484 e. The minimum absolute atomic E-state index is 0.160. The Kier molecular flexibility index (Phi) is 7.70. The summed E-state index contributed by atoms with van der Waals surface area (Å²) in [7, 11) is 0. The highest BCUT2D eigenvalue weighted by Gasteiger charge is 2.33. The average Bonchev–Trinajstić information content (AvgIpc) is 2.98. The summed E-state index contributed by atoms with van der Waals surface area (Å²) in [5, 5.41) is 11.7. The Morgan fingerprint density at radius 3 is 2.53 bits per heavy atom. The maximum Gasteiger partial charge on any atom is 0.323 e. The van der Waals surface area contributed by atoms with E-state index < -0.39 is 18.4 Å². The number of nitrogens with zero attached hydrogens (tertiary/aromatic N) is 1. The molecule has 1 heterocycles. The first-order chi connectivity index (χ1) is 15.1. The fraction of sp³-hybridized carbons (Fsp3) is 0.182. The fourth-order valence-corrected chi connectivity index (χ4v) is 4.61. The number of carboxylic acids is 1. The Bertz CT molecular complexity index is 1130. The highest BCUT2D eigenvalue weighted by atomic mass is 79.9. The number of nitrogens with one attached hydrogen (secondary N) is 1. The maximum atomic E-state index is 12.3. The van der Waals surface area contributed by atoms with Crippen molar-refractivity contribution in [3.63, 3.8) is 0 Å². The van der Waals surface area contributed by atoms with E-state index in [1.165, 1.54) is 0 Å². The third-order valence-corrected chi connectivity index (χ3v) is 6.61. The molecule has 0 spiro atoms. The van der Waals surface area contributed by atoms with Gasteiger partial charge < -0.3 is 15.2 Å². The van der Waals surface area contributed by atoms with Crippen LogP contribution in [0.3, 0.4) is 0 Å². The monoisotopic (exact) mass is 534 g/mol. The second kappa shape index (κ2) is 10.3. The number of hydrogen-bond acceptors (Lipinski definition) is 6.